The quantitative estimate of drug-likeness (QED) is 0.298. The normalized spacial score (nSPS) is 10.6. The number of carbonyl (C=O) groups excluding carboxylic acids is 1. The highest BCUT2D eigenvalue weighted by atomic mass is 32.2. The summed E-state index contributed by atoms with van der Waals surface area (Å²) in [4.78, 5) is 21.1. The van der Waals surface area contributed by atoms with E-state index in [-0.39, 0.29) is 5.91 Å². The average Bonchev–Trinajstić information content (AvgIpc) is 2.89. The van der Waals surface area contributed by atoms with Gasteiger partial charge in [-0.05, 0) is 43.3 Å². The Kier molecular flexibility index (Phi) is 4.74. The first-order chi connectivity index (χ1) is 9.52. The molecule has 7 heteroatoms. The molecular formula is C13H16N4OS2. The average molecular weight is 308 g/mol. The molecule has 0 fully saturated rings. The molecule has 0 spiro atoms. The Morgan fingerprint density at radius 3 is 2.60 bits per heavy atom. The van der Waals surface area contributed by atoms with Crippen LogP contribution in [-0.2, 0) is 5.75 Å². The van der Waals surface area contributed by atoms with Crippen molar-refractivity contribution in [2.45, 2.75) is 31.7 Å². The number of aryl methyl sites for hydroxylation is 2. The summed E-state index contributed by atoms with van der Waals surface area (Å²) >= 11 is 2.90. The van der Waals surface area contributed by atoms with E-state index in [0.29, 0.717) is 10.6 Å². The summed E-state index contributed by atoms with van der Waals surface area (Å²) in [6, 6.07) is 1.93. The summed E-state index contributed by atoms with van der Waals surface area (Å²) in [5.74, 6) is 5.56. The number of amides is 1. The lowest BCUT2D eigenvalue weighted by atomic mass is 10.2. The molecule has 0 atom stereocenters. The highest BCUT2D eigenvalue weighted by molar-refractivity contribution is 7.98. The molecule has 0 unspecified atom stereocenters. The minimum absolute atomic E-state index is 0.257. The molecular weight excluding hydrogens is 292 g/mol. The Hall–Kier alpha value is -1.44. The van der Waals surface area contributed by atoms with Crippen molar-refractivity contribution in [2.24, 2.45) is 5.84 Å². The Bertz CT molecular complexity index is 616. The number of carbonyl (C=O) groups is 1. The molecule has 20 heavy (non-hydrogen) atoms. The van der Waals surface area contributed by atoms with E-state index < -0.39 is 0 Å². The van der Waals surface area contributed by atoms with Gasteiger partial charge in [-0.1, -0.05) is 11.8 Å². The standard InChI is InChI=1S/C13H16N4OS2/c1-7-8(2)15-13(16-9(7)3)20-6-10-4-5-19-11(10)12(18)17-14/h4-5H,6,14H2,1-3H3,(H,17,18). The maximum absolute atomic E-state index is 11.6. The number of nitrogen functional groups attached to an aromatic ring is 1. The van der Waals surface area contributed by atoms with Crippen molar-refractivity contribution < 1.29 is 4.79 Å². The van der Waals surface area contributed by atoms with Crippen LogP contribution in [0.25, 0.3) is 0 Å². The van der Waals surface area contributed by atoms with Crippen molar-refractivity contribution in [3.63, 3.8) is 0 Å². The predicted octanol–water partition coefficient (Wildman–Crippen LogP) is 2.36. The second-order valence-electron chi connectivity index (χ2n) is 4.34. The molecule has 0 bridgehead atoms. The molecule has 0 aliphatic rings. The second-order valence-corrected chi connectivity index (χ2v) is 6.20. The number of thiophene rings is 1. The molecule has 2 rings (SSSR count). The van der Waals surface area contributed by atoms with Crippen LogP contribution in [-0.4, -0.2) is 15.9 Å². The molecule has 2 heterocycles. The van der Waals surface area contributed by atoms with Crippen LogP contribution >= 0.6 is 23.1 Å². The van der Waals surface area contributed by atoms with Crippen molar-refractivity contribution in [3.8, 4) is 0 Å². The number of thioether (sulfide) groups is 1. The summed E-state index contributed by atoms with van der Waals surface area (Å²) < 4.78 is 0. The summed E-state index contributed by atoms with van der Waals surface area (Å²) in [5, 5.41) is 2.61. The van der Waals surface area contributed by atoms with Crippen molar-refractivity contribution in [1.29, 1.82) is 0 Å². The van der Waals surface area contributed by atoms with Gasteiger partial charge in [0.15, 0.2) is 5.16 Å². The first-order valence-electron chi connectivity index (χ1n) is 6.05. The molecule has 3 N–H and O–H groups in total. The van der Waals surface area contributed by atoms with Crippen LogP contribution in [0.15, 0.2) is 16.6 Å². The Balaban J connectivity index is 2.13. The first-order valence-corrected chi connectivity index (χ1v) is 7.91. The van der Waals surface area contributed by atoms with Crippen LogP contribution in [0, 0.1) is 20.8 Å². The third kappa shape index (κ3) is 3.17. The van der Waals surface area contributed by atoms with Gasteiger partial charge in [-0.25, -0.2) is 15.8 Å². The van der Waals surface area contributed by atoms with Gasteiger partial charge in [0.05, 0.1) is 4.88 Å². The van der Waals surface area contributed by atoms with Crippen LogP contribution in [0.2, 0.25) is 0 Å². The third-order valence-electron chi connectivity index (χ3n) is 3.05. The summed E-state index contributed by atoms with van der Waals surface area (Å²) in [7, 11) is 0. The number of nitrogens with zero attached hydrogens (tertiary/aromatic N) is 2. The van der Waals surface area contributed by atoms with Gasteiger partial charge in [0.2, 0.25) is 0 Å². The zero-order chi connectivity index (χ0) is 14.7. The van der Waals surface area contributed by atoms with Crippen LogP contribution in [0.4, 0.5) is 0 Å². The fourth-order valence-corrected chi connectivity index (χ4v) is 3.51. The van der Waals surface area contributed by atoms with E-state index in [0.717, 1.165) is 27.7 Å². The molecule has 0 aliphatic heterocycles. The maximum Gasteiger partial charge on any atom is 0.275 e. The van der Waals surface area contributed by atoms with Crippen LogP contribution < -0.4 is 11.3 Å². The van der Waals surface area contributed by atoms with E-state index in [2.05, 4.69) is 15.4 Å². The monoisotopic (exact) mass is 308 g/mol. The van der Waals surface area contributed by atoms with E-state index in [1.54, 1.807) is 0 Å². The number of aromatic nitrogens is 2. The lowest BCUT2D eigenvalue weighted by Gasteiger charge is -2.07. The van der Waals surface area contributed by atoms with E-state index >= 15 is 0 Å². The minimum Gasteiger partial charge on any atom is -0.289 e. The Labute approximate surface area is 126 Å². The fraction of sp³-hybridized carbons (Fsp3) is 0.308. The van der Waals surface area contributed by atoms with Crippen molar-refractivity contribution in [2.75, 3.05) is 0 Å². The van der Waals surface area contributed by atoms with E-state index in [4.69, 9.17) is 5.84 Å². The molecule has 0 aliphatic carbocycles. The fourth-order valence-electron chi connectivity index (χ4n) is 1.66. The van der Waals surface area contributed by atoms with Crippen molar-refractivity contribution >= 4 is 29.0 Å². The molecule has 2 aromatic heterocycles. The molecule has 5 nitrogen and oxygen atoms in total. The highest BCUT2D eigenvalue weighted by Crippen LogP contribution is 2.26. The zero-order valence-electron chi connectivity index (χ0n) is 11.6. The third-order valence-corrected chi connectivity index (χ3v) is 4.90. The van der Waals surface area contributed by atoms with Gasteiger partial charge in [-0.2, -0.15) is 0 Å². The number of nitrogens with two attached hydrogens (primary N) is 1. The second kappa shape index (κ2) is 6.34. The molecule has 106 valence electrons. The topological polar surface area (TPSA) is 80.9 Å². The van der Waals surface area contributed by atoms with Crippen LogP contribution in [0.1, 0.15) is 32.2 Å². The molecule has 2 aromatic rings. The number of hydrogen-bond acceptors (Lipinski definition) is 6. The van der Waals surface area contributed by atoms with E-state index in [9.17, 15) is 4.79 Å². The molecule has 0 saturated heterocycles. The summed E-state index contributed by atoms with van der Waals surface area (Å²) in [6.07, 6.45) is 0. The van der Waals surface area contributed by atoms with E-state index in [1.807, 2.05) is 32.2 Å². The van der Waals surface area contributed by atoms with Gasteiger partial charge in [-0.15, -0.1) is 11.3 Å². The number of hydrazine groups is 1. The Morgan fingerprint density at radius 2 is 2.00 bits per heavy atom. The smallest absolute Gasteiger partial charge is 0.275 e. The van der Waals surface area contributed by atoms with Crippen LogP contribution in [0.5, 0.6) is 0 Å². The lowest BCUT2D eigenvalue weighted by molar-refractivity contribution is 0.0957. The Morgan fingerprint density at radius 1 is 1.35 bits per heavy atom. The zero-order valence-corrected chi connectivity index (χ0v) is 13.2. The molecule has 0 radical (unpaired) electrons. The SMILES string of the molecule is Cc1nc(SCc2ccsc2C(=O)NN)nc(C)c1C. The molecule has 1 amide bonds. The van der Waals surface area contributed by atoms with Crippen molar-refractivity contribution in [3.05, 3.63) is 38.8 Å². The molecule has 0 saturated carbocycles. The number of rotatable bonds is 4. The lowest BCUT2D eigenvalue weighted by Crippen LogP contribution is -2.29. The van der Waals surface area contributed by atoms with Gasteiger partial charge in [0.1, 0.15) is 0 Å². The minimum atomic E-state index is -0.257. The predicted molar refractivity (Wildman–Crippen MR) is 81.8 cm³/mol. The summed E-state index contributed by atoms with van der Waals surface area (Å²) in [5.41, 5.74) is 6.21. The largest absolute Gasteiger partial charge is 0.289 e. The number of hydrogen-bond donors (Lipinski definition) is 2. The number of nitrogens with one attached hydrogen (secondary N) is 1. The van der Waals surface area contributed by atoms with Gasteiger partial charge in [-0.3, -0.25) is 10.2 Å². The van der Waals surface area contributed by atoms with Gasteiger partial charge >= 0.3 is 0 Å². The molecule has 0 aromatic carbocycles. The van der Waals surface area contributed by atoms with Crippen molar-refractivity contribution in [1.82, 2.24) is 15.4 Å². The maximum atomic E-state index is 11.6. The van der Waals surface area contributed by atoms with Gasteiger partial charge in [0.25, 0.3) is 5.91 Å². The van der Waals surface area contributed by atoms with E-state index in [1.165, 1.54) is 23.1 Å². The summed E-state index contributed by atoms with van der Waals surface area (Å²) in [6.45, 7) is 5.97. The highest BCUT2D eigenvalue weighted by Gasteiger charge is 2.13. The van der Waals surface area contributed by atoms with Gasteiger partial charge < -0.3 is 0 Å². The van der Waals surface area contributed by atoms with Crippen LogP contribution in [0.3, 0.4) is 0 Å². The first kappa shape index (κ1) is 15.0. The van der Waals surface area contributed by atoms with Gasteiger partial charge in [0, 0.05) is 17.1 Å².